The lowest BCUT2D eigenvalue weighted by Gasteiger charge is -2.22. The summed E-state index contributed by atoms with van der Waals surface area (Å²) < 4.78 is 53.8. The Hall–Kier alpha value is -2.52. The number of hydrogen-bond acceptors (Lipinski definition) is 3. The number of nitrogens with one attached hydrogen (secondary N) is 1. The van der Waals surface area contributed by atoms with Crippen molar-refractivity contribution in [1.82, 2.24) is 4.31 Å². The molecule has 0 aliphatic heterocycles. The number of rotatable bonds is 7. The van der Waals surface area contributed by atoms with Crippen molar-refractivity contribution in [2.45, 2.75) is 11.4 Å². The van der Waals surface area contributed by atoms with Crippen LogP contribution in [-0.4, -0.2) is 25.2 Å². The highest BCUT2D eigenvalue weighted by molar-refractivity contribution is 7.89. The second-order valence-corrected chi connectivity index (χ2v) is 9.34. The highest BCUT2D eigenvalue weighted by Crippen LogP contribution is 2.22. The minimum atomic E-state index is -4.08. The largest absolute Gasteiger partial charge is 0.325 e. The summed E-state index contributed by atoms with van der Waals surface area (Å²) in [7, 11) is -4.08. The number of benzene rings is 3. The van der Waals surface area contributed by atoms with E-state index in [1.54, 1.807) is 24.3 Å². The maximum Gasteiger partial charge on any atom is 0.243 e. The smallest absolute Gasteiger partial charge is 0.243 e. The number of nitrogens with zero attached hydrogens (tertiary/aromatic N) is 1. The van der Waals surface area contributed by atoms with Gasteiger partial charge < -0.3 is 5.32 Å². The van der Waals surface area contributed by atoms with Gasteiger partial charge in [0.15, 0.2) is 11.6 Å². The zero-order chi connectivity index (χ0) is 22.6. The molecule has 0 aliphatic rings. The summed E-state index contributed by atoms with van der Waals surface area (Å²) in [5, 5.41) is 3.21. The van der Waals surface area contributed by atoms with Gasteiger partial charge in [-0.25, -0.2) is 17.2 Å². The molecule has 0 fully saturated rings. The van der Waals surface area contributed by atoms with Crippen LogP contribution in [0.4, 0.5) is 14.5 Å². The monoisotopic (exact) mass is 484 g/mol. The van der Waals surface area contributed by atoms with Crippen molar-refractivity contribution in [2.24, 2.45) is 0 Å². The van der Waals surface area contributed by atoms with Crippen LogP contribution in [0.3, 0.4) is 0 Å². The van der Waals surface area contributed by atoms with Crippen molar-refractivity contribution in [1.29, 1.82) is 0 Å². The number of hydrogen-bond donors (Lipinski definition) is 1. The van der Waals surface area contributed by atoms with Crippen molar-refractivity contribution < 1.29 is 22.0 Å². The van der Waals surface area contributed by atoms with Gasteiger partial charge in [0.1, 0.15) is 0 Å². The van der Waals surface area contributed by atoms with Gasteiger partial charge >= 0.3 is 0 Å². The van der Waals surface area contributed by atoms with Gasteiger partial charge in [-0.15, -0.1) is 0 Å². The fourth-order valence-electron chi connectivity index (χ4n) is 2.71. The Morgan fingerprint density at radius 1 is 0.871 bits per heavy atom. The number of carbonyl (C=O) groups excluding carboxylic acids is 1. The third-order valence-corrected chi connectivity index (χ3v) is 6.56. The van der Waals surface area contributed by atoms with Gasteiger partial charge in [-0.2, -0.15) is 4.31 Å². The van der Waals surface area contributed by atoms with Crippen LogP contribution in [0.2, 0.25) is 10.0 Å². The summed E-state index contributed by atoms with van der Waals surface area (Å²) in [6, 6.07) is 14.8. The first-order chi connectivity index (χ1) is 14.6. The molecule has 5 nitrogen and oxygen atoms in total. The fraction of sp³-hybridized carbons (Fsp3) is 0.0952. The van der Waals surface area contributed by atoms with E-state index in [1.807, 2.05) is 0 Å². The minimum absolute atomic E-state index is 0.000709. The van der Waals surface area contributed by atoms with Crippen LogP contribution in [0.1, 0.15) is 5.56 Å². The van der Waals surface area contributed by atoms with Gasteiger partial charge in [0.05, 0.1) is 11.4 Å². The zero-order valence-electron chi connectivity index (χ0n) is 15.9. The van der Waals surface area contributed by atoms with Crippen LogP contribution < -0.4 is 5.32 Å². The van der Waals surface area contributed by atoms with E-state index in [4.69, 9.17) is 23.2 Å². The Morgan fingerprint density at radius 2 is 1.45 bits per heavy atom. The molecule has 0 saturated carbocycles. The van der Waals surface area contributed by atoms with Gasteiger partial charge in [-0.1, -0.05) is 35.3 Å². The molecule has 1 N–H and O–H groups in total. The Labute approximate surface area is 188 Å². The molecular formula is C21H16Cl2F2N2O3S. The number of anilines is 1. The molecule has 0 saturated heterocycles. The maximum absolute atomic E-state index is 13.4. The highest BCUT2D eigenvalue weighted by Gasteiger charge is 2.27. The van der Waals surface area contributed by atoms with Gasteiger partial charge in [0.25, 0.3) is 0 Å². The van der Waals surface area contributed by atoms with Gasteiger partial charge in [-0.05, 0) is 54.1 Å². The van der Waals surface area contributed by atoms with E-state index in [0.717, 1.165) is 16.4 Å². The third-order valence-electron chi connectivity index (χ3n) is 4.25. The lowest BCUT2D eigenvalue weighted by molar-refractivity contribution is -0.116. The summed E-state index contributed by atoms with van der Waals surface area (Å²) >= 11 is 11.7. The first-order valence-electron chi connectivity index (χ1n) is 8.90. The van der Waals surface area contributed by atoms with E-state index in [2.05, 4.69) is 5.32 Å². The van der Waals surface area contributed by atoms with E-state index >= 15 is 0 Å². The fourth-order valence-corrected chi connectivity index (χ4v) is 4.35. The molecule has 0 aromatic heterocycles. The van der Waals surface area contributed by atoms with Crippen LogP contribution in [0.15, 0.2) is 71.6 Å². The molecule has 3 aromatic carbocycles. The highest BCUT2D eigenvalue weighted by atomic mass is 35.5. The molecule has 0 spiro atoms. The minimum Gasteiger partial charge on any atom is -0.325 e. The molecule has 1 amide bonds. The lowest BCUT2D eigenvalue weighted by atomic mass is 10.2. The predicted molar refractivity (Wildman–Crippen MR) is 115 cm³/mol. The SMILES string of the molecule is O=C(CN(Cc1ccc(Cl)cc1)S(=O)(=O)c1ccc(Cl)cc1)Nc1ccc(F)c(F)c1. The molecule has 0 atom stereocenters. The van der Waals surface area contributed by atoms with Gasteiger partial charge in [0.2, 0.25) is 15.9 Å². The van der Waals surface area contributed by atoms with Crippen LogP contribution in [0.5, 0.6) is 0 Å². The van der Waals surface area contributed by atoms with E-state index in [0.29, 0.717) is 15.6 Å². The Morgan fingerprint density at radius 3 is 2.03 bits per heavy atom. The van der Waals surface area contributed by atoms with E-state index in [1.165, 1.54) is 30.3 Å². The number of amides is 1. The average Bonchev–Trinajstić information content (AvgIpc) is 2.72. The van der Waals surface area contributed by atoms with Gasteiger partial charge in [0, 0.05) is 28.3 Å². The molecule has 0 radical (unpaired) electrons. The number of carbonyl (C=O) groups is 1. The van der Waals surface area contributed by atoms with Crippen LogP contribution >= 0.6 is 23.2 Å². The van der Waals surface area contributed by atoms with Crippen molar-refractivity contribution in [3.63, 3.8) is 0 Å². The molecular weight excluding hydrogens is 469 g/mol. The average molecular weight is 485 g/mol. The van der Waals surface area contributed by atoms with Crippen LogP contribution in [0.25, 0.3) is 0 Å². The van der Waals surface area contributed by atoms with Crippen LogP contribution in [-0.2, 0) is 21.4 Å². The summed E-state index contributed by atoms with van der Waals surface area (Å²) in [5.41, 5.74) is 0.599. The molecule has 3 aromatic rings. The molecule has 0 bridgehead atoms. The Bertz CT molecular complexity index is 1190. The van der Waals surface area contributed by atoms with E-state index < -0.39 is 34.1 Å². The molecule has 31 heavy (non-hydrogen) atoms. The van der Waals surface area contributed by atoms with E-state index in [9.17, 15) is 22.0 Å². The number of halogens is 4. The Kier molecular flexibility index (Phi) is 7.27. The summed E-state index contributed by atoms with van der Waals surface area (Å²) in [5.74, 6) is -2.92. The summed E-state index contributed by atoms with van der Waals surface area (Å²) in [6.45, 7) is -0.681. The second-order valence-electron chi connectivity index (χ2n) is 6.53. The van der Waals surface area contributed by atoms with Crippen molar-refractivity contribution in [3.8, 4) is 0 Å². The van der Waals surface area contributed by atoms with Crippen LogP contribution in [0, 0.1) is 11.6 Å². The van der Waals surface area contributed by atoms with E-state index in [-0.39, 0.29) is 17.1 Å². The zero-order valence-corrected chi connectivity index (χ0v) is 18.2. The molecule has 0 heterocycles. The van der Waals surface area contributed by atoms with Gasteiger partial charge in [-0.3, -0.25) is 4.79 Å². The van der Waals surface area contributed by atoms with Crippen molar-refractivity contribution in [2.75, 3.05) is 11.9 Å². The van der Waals surface area contributed by atoms with Crippen molar-refractivity contribution >= 4 is 44.8 Å². The molecule has 3 rings (SSSR count). The second kappa shape index (κ2) is 9.74. The molecule has 0 aliphatic carbocycles. The third kappa shape index (κ3) is 6.01. The normalized spacial score (nSPS) is 11.5. The summed E-state index contributed by atoms with van der Waals surface area (Å²) in [4.78, 5) is 12.5. The molecule has 10 heteroatoms. The topological polar surface area (TPSA) is 66.5 Å². The summed E-state index contributed by atoms with van der Waals surface area (Å²) in [6.07, 6.45) is 0. The number of sulfonamides is 1. The molecule has 162 valence electrons. The maximum atomic E-state index is 13.4. The standard InChI is InChI=1S/C21H16Cl2F2N2O3S/c22-15-3-1-14(2-4-15)12-27(31(29,30)18-8-5-16(23)6-9-18)13-21(28)26-17-7-10-19(24)20(25)11-17/h1-11H,12-13H2,(H,26,28). The molecule has 0 unspecified atom stereocenters. The quantitative estimate of drug-likeness (QED) is 0.507. The van der Waals surface area contributed by atoms with Crippen molar-refractivity contribution in [3.05, 3.63) is 94.0 Å². The first kappa shape index (κ1) is 23.1. The lowest BCUT2D eigenvalue weighted by Crippen LogP contribution is -2.37. The predicted octanol–water partition coefficient (Wildman–Crippen LogP) is 5.10. The Balaban J connectivity index is 1.87. The first-order valence-corrected chi connectivity index (χ1v) is 11.1.